The van der Waals surface area contributed by atoms with Crippen molar-refractivity contribution in [3.63, 3.8) is 0 Å². The quantitative estimate of drug-likeness (QED) is 0.841. The predicted octanol–water partition coefficient (Wildman–Crippen LogP) is 3.91. The lowest BCUT2D eigenvalue weighted by Crippen LogP contribution is -2.17. The third-order valence-corrected chi connectivity index (χ3v) is 3.47. The van der Waals surface area contributed by atoms with Crippen LogP contribution in [-0.2, 0) is 6.54 Å². The molecule has 1 aromatic heterocycles. The Morgan fingerprint density at radius 3 is 2.88 bits per heavy atom. The van der Waals surface area contributed by atoms with E-state index < -0.39 is 0 Å². The van der Waals surface area contributed by atoms with Crippen molar-refractivity contribution in [1.82, 2.24) is 5.32 Å². The molecule has 2 heteroatoms. The largest absolute Gasteiger partial charge is 0.306 e. The van der Waals surface area contributed by atoms with Gasteiger partial charge in [-0.3, -0.25) is 0 Å². The van der Waals surface area contributed by atoms with E-state index in [4.69, 9.17) is 0 Å². The van der Waals surface area contributed by atoms with Crippen molar-refractivity contribution < 1.29 is 0 Å². The zero-order chi connectivity index (χ0) is 11.4. The Morgan fingerprint density at radius 2 is 2.19 bits per heavy atom. The molecule has 16 heavy (non-hydrogen) atoms. The Balaban J connectivity index is 1.95. The fourth-order valence-corrected chi connectivity index (χ4v) is 2.39. The van der Waals surface area contributed by atoms with E-state index in [2.05, 4.69) is 60.3 Å². The summed E-state index contributed by atoms with van der Waals surface area (Å²) >= 11 is 1.75. The molecule has 0 saturated carbocycles. The summed E-state index contributed by atoms with van der Waals surface area (Å²) in [5, 5.41) is 7.85. The number of rotatable bonds is 4. The van der Waals surface area contributed by atoms with Gasteiger partial charge in [-0.2, -0.15) is 11.3 Å². The van der Waals surface area contributed by atoms with Gasteiger partial charge in [0, 0.05) is 12.6 Å². The van der Waals surface area contributed by atoms with Crippen LogP contribution in [0.15, 0.2) is 41.1 Å². The summed E-state index contributed by atoms with van der Waals surface area (Å²) in [7, 11) is 0. The maximum Gasteiger partial charge on any atom is 0.0295 e. The highest BCUT2D eigenvalue weighted by molar-refractivity contribution is 7.07. The SMILES string of the molecule is Cc1cccc([C@@H](C)NCc2ccsc2)c1. The summed E-state index contributed by atoms with van der Waals surface area (Å²) < 4.78 is 0. The number of hydrogen-bond donors (Lipinski definition) is 1. The number of aryl methyl sites for hydroxylation is 1. The number of benzene rings is 1. The second-order valence-corrected chi connectivity index (χ2v) is 4.93. The van der Waals surface area contributed by atoms with Gasteiger partial charge in [-0.25, -0.2) is 0 Å². The van der Waals surface area contributed by atoms with Gasteiger partial charge in [-0.05, 0) is 41.8 Å². The van der Waals surface area contributed by atoms with E-state index in [1.807, 2.05) is 0 Å². The lowest BCUT2D eigenvalue weighted by molar-refractivity contribution is 0.575. The second-order valence-electron chi connectivity index (χ2n) is 4.15. The summed E-state index contributed by atoms with van der Waals surface area (Å²) in [6, 6.07) is 11.2. The lowest BCUT2D eigenvalue weighted by atomic mass is 10.1. The number of hydrogen-bond acceptors (Lipinski definition) is 2. The van der Waals surface area contributed by atoms with Crippen molar-refractivity contribution in [1.29, 1.82) is 0 Å². The van der Waals surface area contributed by atoms with Crippen molar-refractivity contribution >= 4 is 11.3 Å². The van der Waals surface area contributed by atoms with Gasteiger partial charge in [-0.15, -0.1) is 0 Å². The van der Waals surface area contributed by atoms with Gasteiger partial charge in [0.1, 0.15) is 0 Å². The van der Waals surface area contributed by atoms with Crippen LogP contribution in [0.25, 0.3) is 0 Å². The van der Waals surface area contributed by atoms with E-state index in [1.165, 1.54) is 16.7 Å². The first kappa shape index (κ1) is 11.4. The first-order valence-electron chi connectivity index (χ1n) is 5.57. The standard InChI is InChI=1S/C14H17NS/c1-11-4-3-5-14(8-11)12(2)15-9-13-6-7-16-10-13/h3-8,10,12,15H,9H2,1-2H3/t12-/m1/s1. The molecule has 0 amide bonds. The molecule has 1 atom stereocenters. The van der Waals surface area contributed by atoms with Gasteiger partial charge < -0.3 is 5.32 Å². The van der Waals surface area contributed by atoms with Crippen LogP contribution in [0.3, 0.4) is 0 Å². The molecule has 0 radical (unpaired) electrons. The van der Waals surface area contributed by atoms with Gasteiger partial charge in [0.2, 0.25) is 0 Å². The Labute approximate surface area is 101 Å². The molecule has 0 unspecified atom stereocenters. The molecular formula is C14H17NS. The highest BCUT2D eigenvalue weighted by Crippen LogP contribution is 2.15. The van der Waals surface area contributed by atoms with Gasteiger partial charge in [0.25, 0.3) is 0 Å². The zero-order valence-corrected chi connectivity index (χ0v) is 10.6. The Morgan fingerprint density at radius 1 is 1.31 bits per heavy atom. The summed E-state index contributed by atoms with van der Waals surface area (Å²) in [6.45, 7) is 5.29. The number of thiophene rings is 1. The topological polar surface area (TPSA) is 12.0 Å². The van der Waals surface area contributed by atoms with Crippen LogP contribution in [0.4, 0.5) is 0 Å². The van der Waals surface area contributed by atoms with Crippen molar-refractivity contribution in [2.75, 3.05) is 0 Å². The van der Waals surface area contributed by atoms with Crippen LogP contribution in [0.1, 0.15) is 29.7 Å². The predicted molar refractivity (Wildman–Crippen MR) is 70.8 cm³/mol. The first-order chi connectivity index (χ1) is 7.75. The molecule has 2 rings (SSSR count). The van der Waals surface area contributed by atoms with Crippen molar-refractivity contribution in [3.05, 3.63) is 57.8 Å². The zero-order valence-electron chi connectivity index (χ0n) is 9.73. The van der Waals surface area contributed by atoms with Crippen LogP contribution < -0.4 is 5.32 Å². The van der Waals surface area contributed by atoms with E-state index in [0.29, 0.717) is 6.04 Å². The number of nitrogens with one attached hydrogen (secondary N) is 1. The highest BCUT2D eigenvalue weighted by atomic mass is 32.1. The molecule has 0 aliphatic carbocycles. The maximum absolute atomic E-state index is 3.54. The fraction of sp³-hybridized carbons (Fsp3) is 0.286. The average molecular weight is 231 g/mol. The van der Waals surface area contributed by atoms with E-state index in [1.54, 1.807) is 11.3 Å². The third-order valence-electron chi connectivity index (χ3n) is 2.73. The van der Waals surface area contributed by atoms with Gasteiger partial charge >= 0.3 is 0 Å². The smallest absolute Gasteiger partial charge is 0.0295 e. The van der Waals surface area contributed by atoms with E-state index in [9.17, 15) is 0 Å². The molecule has 1 N–H and O–H groups in total. The fourth-order valence-electron chi connectivity index (χ4n) is 1.72. The Kier molecular flexibility index (Phi) is 3.75. The van der Waals surface area contributed by atoms with E-state index in [-0.39, 0.29) is 0 Å². The van der Waals surface area contributed by atoms with Crippen molar-refractivity contribution in [2.45, 2.75) is 26.4 Å². The molecule has 0 aliphatic heterocycles. The molecule has 0 fully saturated rings. The Bertz CT molecular complexity index is 434. The molecule has 0 spiro atoms. The molecule has 0 bridgehead atoms. The molecule has 0 aliphatic rings. The Hall–Kier alpha value is -1.12. The molecule has 1 heterocycles. The van der Waals surface area contributed by atoms with Crippen molar-refractivity contribution in [2.24, 2.45) is 0 Å². The molecule has 0 saturated heterocycles. The van der Waals surface area contributed by atoms with Crippen LogP contribution in [0, 0.1) is 6.92 Å². The lowest BCUT2D eigenvalue weighted by Gasteiger charge is -2.14. The normalized spacial score (nSPS) is 12.6. The van der Waals surface area contributed by atoms with Crippen LogP contribution >= 0.6 is 11.3 Å². The summed E-state index contributed by atoms with van der Waals surface area (Å²) in [4.78, 5) is 0. The minimum Gasteiger partial charge on any atom is -0.306 e. The minimum absolute atomic E-state index is 0.403. The van der Waals surface area contributed by atoms with Gasteiger partial charge in [0.15, 0.2) is 0 Å². The van der Waals surface area contributed by atoms with Crippen LogP contribution in [0.5, 0.6) is 0 Å². The minimum atomic E-state index is 0.403. The third kappa shape index (κ3) is 2.94. The maximum atomic E-state index is 3.54. The molecular weight excluding hydrogens is 214 g/mol. The van der Waals surface area contributed by atoms with Crippen molar-refractivity contribution in [3.8, 4) is 0 Å². The van der Waals surface area contributed by atoms with E-state index in [0.717, 1.165) is 6.54 Å². The van der Waals surface area contributed by atoms with Gasteiger partial charge in [0.05, 0.1) is 0 Å². The second kappa shape index (κ2) is 5.28. The van der Waals surface area contributed by atoms with Crippen LogP contribution in [-0.4, -0.2) is 0 Å². The summed E-state index contributed by atoms with van der Waals surface area (Å²) in [5.74, 6) is 0. The first-order valence-corrected chi connectivity index (χ1v) is 6.51. The summed E-state index contributed by atoms with van der Waals surface area (Å²) in [5.41, 5.74) is 4.04. The average Bonchev–Trinajstić information content (AvgIpc) is 2.78. The molecule has 1 aromatic carbocycles. The molecule has 1 nitrogen and oxygen atoms in total. The highest BCUT2D eigenvalue weighted by Gasteiger charge is 2.04. The molecule has 2 aromatic rings. The summed E-state index contributed by atoms with van der Waals surface area (Å²) in [6.07, 6.45) is 0. The van der Waals surface area contributed by atoms with E-state index >= 15 is 0 Å². The van der Waals surface area contributed by atoms with Gasteiger partial charge in [-0.1, -0.05) is 29.8 Å². The van der Waals surface area contributed by atoms with Crippen LogP contribution in [0.2, 0.25) is 0 Å². The monoisotopic (exact) mass is 231 g/mol. The molecule has 84 valence electrons.